The summed E-state index contributed by atoms with van der Waals surface area (Å²) in [6, 6.07) is 7.42. The highest BCUT2D eigenvalue weighted by Gasteiger charge is 2.57. The van der Waals surface area contributed by atoms with E-state index in [0.29, 0.717) is 29.3 Å². The van der Waals surface area contributed by atoms with Gasteiger partial charge in [-0.3, -0.25) is 9.59 Å². The summed E-state index contributed by atoms with van der Waals surface area (Å²) < 4.78 is 10.8. The Balaban J connectivity index is 1.74. The molecule has 7 heteroatoms. The van der Waals surface area contributed by atoms with Crippen molar-refractivity contribution in [2.24, 2.45) is 5.41 Å². The van der Waals surface area contributed by atoms with Crippen molar-refractivity contribution in [2.45, 2.75) is 19.8 Å². The van der Waals surface area contributed by atoms with Gasteiger partial charge in [-0.25, -0.2) is 0 Å². The number of amides is 1. The Bertz CT molecular complexity index is 855. The highest BCUT2D eigenvalue weighted by Crippen LogP contribution is 2.50. The van der Waals surface area contributed by atoms with Gasteiger partial charge in [-0.15, -0.1) is 0 Å². The largest absolute Gasteiger partial charge is 0.492 e. The molecule has 25 heavy (non-hydrogen) atoms. The maximum Gasteiger partial charge on any atom is 0.315 e. The van der Waals surface area contributed by atoms with Crippen LogP contribution in [0.25, 0.3) is 0 Å². The topological polar surface area (TPSA) is 92.9 Å². The Kier molecular flexibility index (Phi) is 3.35. The van der Waals surface area contributed by atoms with Gasteiger partial charge in [-0.05, 0) is 19.9 Å². The molecule has 130 valence electrons. The number of nitrogens with zero attached hydrogens (tertiary/aromatic N) is 2. The molecule has 0 radical (unpaired) electrons. The first-order valence-electron chi connectivity index (χ1n) is 8.11. The van der Waals surface area contributed by atoms with Crippen LogP contribution in [0.4, 0.5) is 0 Å². The number of benzene rings is 1. The maximum atomic E-state index is 13.0. The number of carbonyl (C=O) groups is 2. The van der Waals surface area contributed by atoms with Crippen molar-refractivity contribution in [2.75, 3.05) is 19.7 Å². The molecule has 3 heterocycles. The van der Waals surface area contributed by atoms with E-state index in [4.69, 9.17) is 9.26 Å². The van der Waals surface area contributed by atoms with Gasteiger partial charge >= 0.3 is 5.97 Å². The number of hydrogen-bond donors (Lipinski definition) is 1. The zero-order valence-corrected chi connectivity index (χ0v) is 14.0. The Labute approximate surface area is 144 Å². The second kappa shape index (κ2) is 5.34. The molecule has 2 aliphatic rings. The Hall–Kier alpha value is -2.83. The van der Waals surface area contributed by atoms with Crippen LogP contribution < -0.4 is 4.74 Å². The number of aryl methyl sites for hydroxylation is 2. The molecule has 1 aromatic carbocycles. The lowest BCUT2D eigenvalue weighted by Gasteiger charge is -2.35. The van der Waals surface area contributed by atoms with Crippen LogP contribution in [0.2, 0.25) is 0 Å². The molecule has 0 bridgehead atoms. The fraction of sp³-hybridized carbons (Fsp3) is 0.389. The summed E-state index contributed by atoms with van der Waals surface area (Å²) in [5.41, 5.74) is 0.625. The van der Waals surface area contributed by atoms with Gasteiger partial charge in [-0.2, -0.15) is 0 Å². The summed E-state index contributed by atoms with van der Waals surface area (Å²) in [6.07, 6.45) is 0. The predicted molar refractivity (Wildman–Crippen MR) is 86.6 cm³/mol. The first-order valence-corrected chi connectivity index (χ1v) is 8.11. The standard InChI is InChI=1S/C18H18N2O5/c1-10-15(11(2)25-19-10)16(21)20-7-13-12-5-3-4-6-14(12)24-9-18(13,8-20)17(22)23/h3-6,13H,7-9H2,1-2H3,(H,22,23)/t13-,18-/m1/s1. The fourth-order valence-corrected chi connectivity index (χ4v) is 3.94. The van der Waals surface area contributed by atoms with Crippen LogP contribution in [0.1, 0.15) is 33.3 Å². The number of ether oxygens (including phenoxy) is 1. The van der Waals surface area contributed by atoms with Gasteiger partial charge in [0.2, 0.25) is 0 Å². The first-order chi connectivity index (χ1) is 11.9. The SMILES string of the molecule is Cc1noc(C)c1C(=O)N1C[C@@H]2c3ccccc3OC[C@]2(C(=O)O)C1. The lowest BCUT2D eigenvalue weighted by molar-refractivity contribution is -0.151. The summed E-state index contributed by atoms with van der Waals surface area (Å²) in [5.74, 6) is -0.362. The van der Waals surface area contributed by atoms with E-state index in [-0.39, 0.29) is 25.0 Å². The van der Waals surface area contributed by atoms with E-state index in [0.717, 1.165) is 5.56 Å². The second-order valence-corrected chi connectivity index (χ2v) is 6.73. The van der Waals surface area contributed by atoms with Gasteiger partial charge in [0, 0.05) is 24.6 Å². The van der Waals surface area contributed by atoms with Gasteiger partial charge in [0.1, 0.15) is 29.1 Å². The minimum atomic E-state index is -1.14. The smallest absolute Gasteiger partial charge is 0.315 e. The van der Waals surface area contributed by atoms with E-state index < -0.39 is 11.4 Å². The molecule has 1 amide bonds. The van der Waals surface area contributed by atoms with Crippen LogP contribution in [0.3, 0.4) is 0 Å². The second-order valence-electron chi connectivity index (χ2n) is 6.73. The summed E-state index contributed by atoms with van der Waals surface area (Å²) in [5, 5.41) is 13.7. The van der Waals surface area contributed by atoms with Gasteiger partial charge in [-0.1, -0.05) is 23.4 Å². The fourth-order valence-electron chi connectivity index (χ4n) is 3.94. The molecule has 0 spiro atoms. The number of aromatic nitrogens is 1. The van der Waals surface area contributed by atoms with E-state index in [1.54, 1.807) is 18.7 Å². The number of fused-ring (bicyclic) bond motifs is 3. The number of rotatable bonds is 2. The van der Waals surface area contributed by atoms with E-state index >= 15 is 0 Å². The Morgan fingerprint density at radius 1 is 1.32 bits per heavy atom. The number of carboxylic acids is 1. The van der Waals surface area contributed by atoms with Crippen molar-refractivity contribution in [1.29, 1.82) is 0 Å². The third kappa shape index (κ3) is 2.15. The molecule has 1 fully saturated rings. The molecule has 2 aliphatic heterocycles. The monoisotopic (exact) mass is 342 g/mol. The average molecular weight is 342 g/mol. The predicted octanol–water partition coefficient (Wildman–Crippen LogP) is 1.99. The van der Waals surface area contributed by atoms with Crippen molar-refractivity contribution in [1.82, 2.24) is 10.1 Å². The Morgan fingerprint density at radius 3 is 2.76 bits per heavy atom. The van der Waals surface area contributed by atoms with Crippen LogP contribution in [0.5, 0.6) is 5.75 Å². The molecule has 2 atom stereocenters. The minimum absolute atomic E-state index is 0.0510. The number of carbonyl (C=O) groups excluding carboxylic acids is 1. The minimum Gasteiger partial charge on any atom is -0.492 e. The molecule has 4 rings (SSSR count). The summed E-state index contributed by atoms with van der Waals surface area (Å²) >= 11 is 0. The van der Waals surface area contributed by atoms with Crippen LogP contribution >= 0.6 is 0 Å². The maximum absolute atomic E-state index is 13.0. The molecule has 0 unspecified atom stereocenters. The highest BCUT2D eigenvalue weighted by atomic mass is 16.5. The zero-order valence-electron chi connectivity index (χ0n) is 14.0. The lowest BCUT2D eigenvalue weighted by Crippen LogP contribution is -2.46. The van der Waals surface area contributed by atoms with Gasteiger partial charge in [0.25, 0.3) is 5.91 Å². The number of hydrogen-bond acceptors (Lipinski definition) is 5. The third-order valence-corrected chi connectivity index (χ3v) is 5.28. The first kappa shape index (κ1) is 15.7. The number of aliphatic carboxylic acids is 1. The van der Waals surface area contributed by atoms with Crippen LogP contribution in [0, 0.1) is 19.3 Å². The van der Waals surface area contributed by atoms with Crippen molar-refractivity contribution in [3.8, 4) is 5.75 Å². The van der Waals surface area contributed by atoms with Gasteiger partial charge in [0.05, 0.1) is 5.69 Å². The summed E-state index contributed by atoms with van der Waals surface area (Å²) in [7, 11) is 0. The summed E-state index contributed by atoms with van der Waals surface area (Å²) in [4.78, 5) is 26.6. The molecule has 1 aromatic heterocycles. The molecule has 7 nitrogen and oxygen atoms in total. The molecule has 1 N–H and O–H groups in total. The molecule has 1 saturated heterocycles. The molecule has 0 aliphatic carbocycles. The van der Waals surface area contributed by atoms with E-state index in [1.165, 1.54) is 0 Å². The molecular weight excluding hydrogens is 324 g/mol. The number of carboxylic acid groups (broad SMARTS) is 1. The normalized spacial score (nSPS) is 24.4. The van der Waals surface area contributed by atoms with Crippen molar-refractivity contribution in [3.05, 3.63) is 46.8 Å². The van der Waals surface area contributed by atoms with Crippen LogP contribution in [-0.2, 0) is 4.79 Å². The van der Waals surface area contributed by atoms with Crippen molar-refractivity contribution in [3.63, 3.8) is 0 Å². The van der Waals surface area contributed by atoms with E-state index in [1.807, 2.05) is 24.3 Å². The van der Waals surface area contributed by atoms with E-state index in [9.17, 15) is 14.7 Å². The van der Waals surface area contributed by atoms with Gasteiger partial charge < -0.3 is 19.3 Å². The molecule has 2 aromatic rings. The number of likely N-dealkylation sites (tertiary alicyclic amines) is 1. The third-order valence-electron chi connectivity index (χ3n) is 5.28. The van der Waals surface area contributed by atoms with Crippen molar-refractivity contribution < 1.29 is 24.0 Å². The van der Waals surface area contributed by atoms with Crippen LogP contribution in [-0.4, -0.2) is 46.7 Å². The quantitative estimate of drug-likeness (QED) is 0.897. The van der Waals surface area contributed by atoms with Crippen molar-refractivity contribution >= 4 is 11.9 Å². The lowest BCUT2D eigenvalue weighted by atomic mass is 9.73. The highest BCUT2D eigenvalue weighted by molar-refractivity contribution is 5.97. The summed E-state index contributed by atoms with van der Waals surface area (Å²) in [6.45, 7) is 3.87. The van der Waals surface area contributed by atoms with E-state index in [2.05, 4.69) is 5.16 Å². The average Bonchev–Trinajstić information content (AvgIpc) is 3.16. The van der Waals surface area contributed by atoms with Crippen LogP contribution in [0.15, 0.2) is 28.8 Å². The zero-order chi connectivity index (χ0) is 17.8. The molecular formula is C18H18N2O5. The molecule has 0 saturated carbocycles. The number of para-hydroxylation sites is 1. The Morgan fingerprint density at radius 2 is 2.08 bits per heavy atom. The van der Waals surface area contributed by atoms with Gasteiger partial charge in [0.15, 0.2) is 0 Å².